The van der Waals surface area contributed by atoms with Crippen LogP contribution in [0.15, 0.2) is 17.5 Å². The number of hydrogen-bond acceptors (Lipinski definition) is 5. The minimum atomic E-state index is -3.00. The summed E-state index contributed by atoms with van der Waals surface area (Å²) in [6.45, 7) is 1.07. The molecule has 2 unspecified atom stereocenters. The van der Waals surface area contributed by atoms with Gasteiger partial charge in [-0.05, 0) is 30.7 Å². The molecule has 0 bridgehead atoms. The summed E-state index contributed by atoms with van der Waals surface area (Å²) in [5.41, 5.74) is 0. The molecule has 1 N–H and O–H groups in total. The molecule has 0 aliphatic carbocycles. The van der Waals surface area contributed by atoms with E-state index in [0.717, 1.165) is 12.8 Å². The Hall–Kier alpha value is -1.41. The molecule has 0 spiro atoms. The lowest BCUT2D eigenvalue weighted by Crippen LogP contribution is -2.47. The molecule has 3 rings (SSSR count). The zero-order valence-corrected chi connectivity index (χ0v) is 14.4. The normalized spacial score (nSPS) is 26.9. The Labute approximate surface area is 139 Å². The largest absolute Gasteiger partial charge is 0.352 e. The second-order valence-electron chi connectivity index (χ2n) is 6.18. The summed E-state index contributed by atoms with van der Waals surface area (Å²) < 4.78 is 22.9. The first-order valence-corrected chi connectivity index (χ1v) is 10.5. The Bertz CT molecular complexity index is 684. The Morgan fingerprint density at radius 2 is 2.13 bits per heavy atom. The van der Waals surface area contributed by atoms with Crippen molar-refractivity contribution < 1.29 is 18.0 Å². The van der Waals surface area contributed by atoms with Crippen LogP contribution in [0, 0.1) is 5.92 Å². The van der Waals surface area contributed by atoms with Crippen molar-refractivity contribution in [2.75, 3.05) is 24.6 Å². The lowest BCUT2D eigenvalue weighted by atomic mass is 9.96. The summed E-state index contributed by atoms with van der Waals surface area (Å²) in [5.74, 6) is -0.234. The van der Waals surface area contributed by atoms with Gasteiger partial charge in [0, 0.05) is 19.1 Å². The topological polar surface area (TPSA) is 83.6 Å². The number of carbonyl (C=O) groups is 2. The average molecular weight is 356 g/mol. The molecule has 2 fully saturated rings. The Morgan fingerprint density at radius 1 is 1.30 bits per heavy atom. The maximum atomic E-state index is 12.4. The highest BCUT2D eigenvalue weighted by atomic mass is 32.2. The van der Waals surface area contributed by atoms with E-state index in [0.29, 0.717) is 24.4 Å². The van der Waals surface area contributed by atoms with Gasteiger partial charge in [0.15, 0.2) is 9.84 Å². The van der Waals surface area contributed by atoms with Crippen LogP contribution in [0.4, 0.5) is 0 Å². The van der Waals surface area contributed by atoms with E-state index in [9.17, 15) is 18.0 Å². The number of rotatable bonds is 3. The summed E-state index contributed by atoms with van der Waals surface area (Å²) >= 11 is 1.40. The van der Waals surface area contributed by atoms with E-state index in [-0.39, 0.29) is 35.3 Å². The van der Waals surface area contributed by atoms with E-state index in [4.69, 9.17) is 0 Å². The first-order valence-electron chi connectivity index (χ1n) is 7.78. The van der Waals surface area contributed by atoms with E-state index in [1.54, 1.807) is 11.0 Å². The van der Waals surface area contributed by atoms with Crippen LogP contribution in [0.1, 0.15) is 28.9 Å². The molecule has 1 aromatic heterocycles. The van der Waals surface area contributed by atoms with Crippen molar-refractivity contribution in [3.8, 4) is 0 Å². The fourth-order valence-corrected chi connectivity index (χ4v) is 5.52. The molecule has 2 atom stereocenters. The minimum absolute atomic E-state index is 0.0269. The summed E-state index contributed by atoms with van der Waals surface area (Å²) in [5, 5.41) is 4.71. The van der Waals surface area contributed by atoms with Crippen LogP contribution < -0.4 is 5.32 Å². The van der Waals surface area contributed by atoms with Gasteiger partial charge in [0.05, 0.1) is 22.3 Å². The van der Waals surface area contributed by atoms with Gasteiger partial charge in [-0.15, -0.1) is 11.3 Å². The van der Waals surface area contributed by atoms with Gasteiger partial charge in [-0.1, -0.05) is 6.07 Å². The molecule has 2 aliphatic heterocycles. The highest BCUT2D eigenvalue weighted by Crippen LogP contribution is 2.21. The standard InChI is InChI=1S/C15H20N2O4S2/c18-14(16-12-5-8-23(20,21)10-12)11-3-1-6-17(9-11)15(19)13-4-2-7-22-13/h2,4,7,11-12H,1,3,5-6,8-10H2,(H,16,18). The number of carbonyl (C=O) groups excluding carboxylic acids is 2. The Balaban J connectivity index is 1.58. The van der Waals surface area contributed by atoms with Gasteiger partial charge < -0.3 is 10.2 Å². The molecule has 23 heavy (non-hydrogen) atoms. The molecular weight excluding hydrogens is 336 g/mol. The molecule has 126 valence electrons. The van der Waals surface area contributed by atoms with Crippen molar-refractivity contribution in [2.24, 2.45) is 5.92 Å². The molecular formula is C15H20N2O4S2. The minimum Gasteiger partial charge on any atom is -0.352 e. The fourth-order valence-electron chi connectivity index (χ4n) is 3.16. The maximum absolute atomic E-state index is 12.4. The van der Waals surface area contributed by atoms with Crippen LogP contribution in [0.25, 0.3) is 0 Å². The molecule has 2 aliphatic rings. The van der Waals surface area contributed by atoms with Crippen molar-refractivity contribution in [3.05, 3.63) is 22.4 Å². The lowest BCUT2D eigenvalue weighted by Gasteiger charge is -2.32. The number of hydrogen-bond donors (Lipinski definition) is 1. The van der Waals surface area contributed by atoms with Crippen molar-refractivity contribution >= 4 is 33.0 Å². The van der Waals surface area contributed by atoms with Gasteiger partial charge in [-0.3, -0.25) is 9.59 Å². The molecule has 0 radical (unpaired) electrons. The number of nitrogens with zero attached hydrogens (tertiary/aromatic N) is 1. The van der Waals surface area contributed by atoms with E-state index in [1.165, 1.54) is 11.3 Å². The predicted molar refractivity (Wildman–Crippen MR) is 88.1 cm³/mol. The Kier molecular flexibility index (Phi) is 4.72. The lowest BCUT2D eigenvalue weighted by molar-refractivity contribution is -0.126. The van der Waals surface area contributed by atoms with Crippen molar-refractivity contribution in [3.63, 3.8) is 0 Å². The fraction of sp³-hybridized carbons (Fsp3) is 0.600. The second-order valence-corrected chi connectivity index (χ2v) is 9.35. The predicted octanol–water partition coefficient (Wildman–Crippen LogP) is 0.904. The zero-order chi connectivity index (χ0) is 16.4. The number of amides is 2. The van der Waals surface area contributed by atoms with Crippen molar-refractivity contribution in [1.82, 2.24) is 10.2 Å². The third-order valence-electron chi connectivity index (χ3n) is 4.39. The van der Waals surface area contributed by atoms with Crippen LogP contribution in [-0.4, -0.2) is 55.8 Å². The number of thiophene rings is 1. The number of nitrogens with one attached hydrogen (secondary N) is 1. The molecule has 1 aromatic rings. The van der Waals surface area contributed by atoms with E-state index in [2.05, 4.69) is 5.32 Å². The molecule has 3 heterocycles. The second kappa shape index (κ2) is 6.60. The zero-order valence-electron chi connectivity index (χ0n) is 12.7. The van der Waals surface area contributed by atoms with Crippen molar-refractivity contribution in [1.29, 1.82) is 0 Å². The SMILES string of the molecule is O=C(NC1CCS(=O)(=O)C1)C1CCCN(C(=O)c2cccs2)C1. The highest BCUT2D eigenvalue weighted by molar-refractivity contribution is 7.91. The molecule has 2 amide bonds. The molecule has 6 nitrogen and oxygen atoms in total. The molecule has 8 heteroatoms. The van der Waals surface area contributed by atoms with Crippen LogP contribution in [0.2, 0.25) is 0 Å². The van der Waals surface area contributed by atoms with Crippen LogP contribution >= 0.6 is 11.3 Å². The average Bonchev–Trinajstić information content (AvgIpc) is 3.16. The Morgan fingerprint density at radius 3 is 2.78 bits per heavy atom. The number of piperidine rings is 1. The molecule has 2 saturated heterocycles. The monoisotopic (exact) mass is 356 g/mol. The highest BCUT2D eigenvalue weighted by Gasteiger charge is 2.33. The third-order valence-corrected chi connectivity index (χ3v) is 7.02. The molecule has 0 aromatic carbocycles. The van der Waals surface area contributed by atoms with Gasteiger partial charge in [0.25, 0.3) is 5.91 Å². The first-order chi connectivity index (χ1) is 10.9. The summed E-state index contributed by atoms with van der Waals surface area (Å²) in [7, 11) is -3.00. The van der Waals surface area contributed by atoms with E-state index in [1.807, 2.05) is 11.4 Å². The third kappa shape index (κ3) is 3.92. The quantitative estimate of drug-likeness (QED) is 0.872. The van der Waals surface area contributed by atoms with Crippen LogP contribution in [-0.2, 0) is 14.6 Å². The van der Waals surface area contributed by atoms with E-state index >= 15 is 0 Å². The van der Waals surface area contributed by atoms with Gasteiger partial charge in [0.2, 0.25) is 5.91 Å². The smallest absolute Gasteiger partial charge is 0.263 e. The van der Waals surface area contributed by atoms with Gasteiger partial charge in [0.1, 0.15) is 0 Å². The number of likely N-dealkylation sites (tertiary alicyclic amines) is 1. The van der Waals surface area contributed by atoms with Crippen LogP contribution in [0.3, 0.4) is 0 Å². The number of sulfone groups is 1. The van der Waals surface area contributed by atoms with E-state index < -0.39 is 9.84 Å². The summed E-state index contributed by atoms with van der Waals surface area (Å²) in [6, 6.07) is 3.35. The summed E-state index contributed by atoms with van der Waals surface area (Å²) in [6.07, 6.45) is 2.01. The van der Waals surface area contributed by atoms with Gasteiger partial charge in [-0.2, -0.15) is 0 Å². The van der Waals surface area contributed by atoms with Crippen LogP contribution in [0.5, 0.6) is 0 Å². The maximum Gasteiger partial charge on any atom is 0.263 e. The molecule has 0 saturated carbocycles. The first kappa shape index (κ1) is 16.4. The van der Waals surface area contributed by atoms with Gasteiger partial charge in [-0.25, -0.2) is 8.42 Å². The van der Waals surface area contributed by atoms with Crippen molar-refractivity contribution in [2.45, 2.75) is 25.3 Å². The van der Waals surface area contributed by atoms with Gasteiger partial charge >= 0.3 is 0 Å². The summed E-state index contributed by atoms with van der Waals surface area (Å²) in [4.78, 5) is 27.2.